The minimum Gasteiger partial charge on any atom is -0.371 e. The highest BCUT2D eigenvalue weighted by atomic mass is 19.4. The topological polar surface area (TPSA) is 88.2 Å². The van der Waals surface area contributed by atoms with E-state index in [9.17, 15) is 22.0 Å². The molecule has 0 spiro atoms. The van der Waals surface area contributed by atoms with Crippen LogP contribution in [0.3, 0.4) is 0 Å². The van der Waals surface area contributed by atoms with Crippen molar-refractivity contribution in [1.29, 1.82) is 0 Å². The van der Waals surface area contributed by atoms with Crippen LogP contribution in [0.1, 0.15) is 18.7 Å². The van der Waals surface area contributed by atoms with E-state index in [0.717, 1.165) is 0 Å². The number of nitrogens with one attached hydrogen (secondary N) is 2. The molecule has 1 saturated heterocycles. The van der Waals surface area contributed by atoms with E-state index < -0.39 is 25.7 Å². The SMILES string of the molecule is CNc1nc(NC2CCN(CC(F)(F)F)CC2)nn2ccc(-c3ccc4nc(C)n(CC(F)F)c4n3)c12. The fourth-order valence-corrected chi connectivity index (χ4v) is 4.76. The number of aryl methyl sites for hydroxylation is 1. The molecular weight excluding hydrogens is 497 g/mol. The lowest BCUT2D eigenvalue weighted by Gasteiger charge is -2.32. The molecule has 5 heterocycles. The number of alkyl halides is 5. The van der Waals surface area contributed by atoms with E-state index in [1.807, 2.05) is 6.07 Å². The maximum Gasteiger partial charge on any atom is 0.401 e. The van der Waals surface area contributed by atoms with Crippen molar-refractivity contribution in [2.24, 2.45) is 0 Å². The summed E-state index contributed by atoms with van der Waals surface area (Å²) >= 11 is 0. The Morgan fingerprint density at radius 1 is 1.08 bits per heavy atom. The highest BCUT2D eigenvalue weighted by molar-refractivity contribution is 5.89. The summed E-state index contributed by atoms with van der Waals surface area (Å²) in [6, 6.07) is 5.29. The second-order valence-corrected chi connectivity index (χ2v) is 9.07. The molecule has 1 aliphatic heterocycles. The van der Waals surface area contributed by atoms with Crippen LogP contribution in [0.15, 0.2) is 24.4 Å². The normalized spacial score (nSPS) is 15.8. The van der Waals surface area contributed by atoms with E-state index in [0.29, 0.717) is 71.5 Å². The Kier molecular flexibility index (Phi) is 6.60. The van der Waals surface area contributed by atoms with Gasteiger partial charge in [-0.15, -0.1) is 5.10 Å². The third-order valence-corrected chi connectivity index (χ3v) is 6.45. The van der Waals surface area contributed by atoms with Crippen LogP contribution in [0.25, 0.3) is 27.9 Å². The first kappa shape index (κ1) is 25.1. The first-order valence-corrected chi connectivity index (χ1v) is 11.9. The van der Waals surface area contributed by atoms with Crippen molar-refractivity contribution in [3.63, 3.8) is 0 Å². The molecule has 1 aliphatic rings. The molecule has 4 aromatic rings. The lowest BCUT2D eigenvalue weighted by molar-refractivity contribution is -0.147. The van der Waals surface area contributed by atoms with Crippen molar-refractivity contribution in [1.82, 2.24) is 34.0 Å². The number of likely N-dealkylation sites (tertiary alicyclic amines) is 1. The van der Waals surface area contributed by atoms with E-state index in [-0.39, 0.29) is 6.04 Å². The van der Waals surface area contributed by atoms with Crippen LogP contribution in [0, 0.1) is 6.92 Å². The number of rotatable bonds is 7. The van der Waals surface area contributed by atoms with Crippen LogP contribution >= 0.6 is 0 Å². The number of nitrogens with zero attached hydrogens (tertiary/aromatic N) is 7. The Bertz CT molecular complexity index is 1400. The molecule has 4 aromatic heterocycles. The van der Waals surface area contributed by atoms with Gasteiger partial charge in [0.2, 0.25) is 5.95 Å². The van der Waals surface area contributed by atoms with E-state index in [2.05, 4.69) is 30.7 Å². The molecule has 0 aliphatic carbocycles. The number of anilines is 2. The van der Waals surface area contributed by atoms with Gasteiger partial charge in [0.1, 0.15) is 16.9 Å². The Balaban J connectivity index is 1.41. The summed E-state index contributed by atoms with van der Waals surface area (Å²) in [4.78, 5) is 14.9. The number of hydrogen-bond acceptors (Lipinski definition) is 7. The molecule has 0 saturated carbocycles. The number of hydrogen-bond donors (Lipinski definition) is 2. The first-order chi connectivity index (χ1) is 17.6. The minimum absolute atomic E-state index is 0.0518. The number of halogens is 5. The van der Waals surface area contributed by atoms with Crippen molar-refractivity contribution in [2.45, 2.75) is 45.0 Å². The molecule has 9 nitrogen and oxygen atoms in total. The standard InChI is InChI=1S/C23H26F5N9/c1-13-30-17-4-3-16(32-21(17)36(13)11-18(24)25)15-7-10-37-19(15)20(29-2)33-22(34-37)31-14-5-8-35(9-6-14)12-23(26,27)28/h3-4,7,10,14,18H,5-6,8-9,11-12H2,1-2H3,(H2,29,31,33,34). The fraction of sp³-hybridized carbons (Fsp3) is 0.478. The van der Waals surface area contributed by atoms with E-state index in [1.54, 1.807) is 36.8 Å². The van der Waals surface area contributed by atoms with Gasteiger partial charge in [-0.1, -0.05) is 0 Å². The zero-order valence-corrected chi connectivity index (χ0v) is 20.2. The fourth-order valence-electron chi connectivity index (χ4n) is 4.76. The molecule has 0 unspecified atom stereocenters. The van der Waals surface area contributed by atoms with E-state index in [4.69, 9.17) is 0 Å². The van der Waals surface area contributed by atoms with Gasteiger partial charge in [0, 0.05) is 37.9 Å². The van der Waals surface area contributed by atoms with Gasteiger partial charge < -0.3 is 15.2 Å². The average molecular weight is 524 g/mol. The molecule has 37 heavy (non-hydrogen) atoms. The lowest BCUT2D eigenvalue weighted by atomic mass is 10.1. The predicted octanol–water partition coefficient (Wildman–Crippen LogP) is 4.19. The Morgan fingerprint density at radius 3 is 2.51 bits per heavy atom. The van der Waals surface area contributed by atoms with Crippen molar-refractivity contribution in [3.05, 3.63) is 30.2 Å². The van der Waals surface area contributed by atoms with Gasteiger partial charge >= 0.3 is 6.18 Å². The largest absolute Gasteiger partial charge is 0.401 e. The second kappa shape index (κ2) is 9.72. The second-order valence-electron chi connectivity index (χ2n) is 9.07. The number of piperidine rings is 1. The lowest BCUT2D eigenvalue weighted by Crippen LogP contribution is -2.43. The Labute approximate surface area is 208 Å². The summed E-state index contributed by atoms with van der Waals surface area (Å²) in [6.45, 7) is 0.938. The third-order valence-electron chi connectivity index (χ3n) is 6.45. The first-order valence-electron chi connectivity index (χ1n) is 11.9. The molecular formula is C23H26F5N9. The van der Waals surface area contributed by atoms with Gasteiger partial charge in [0.25, 0.3) is 6.43 Å². The van der Waals surface area contributed by atoms with E-state index in [1.165, 1.54) is 9.47 Å². The highest BCUT2D eigenvalue weighted by Gasteiger charge is 2.32. The van der Waals surface area contributed by atoms with Gasteiger partial charge in [0.05, 0.1) is 18.8 Å². The summed E-state index contributed by atoms with van der Waals surface area (Å²) in [6.07, 6.45) is -3.91. The summed E-state index contributed by atoms with van der Waals surface area (Å²) in [7, 11) is 1.72. The summed E-state index contributed by atoms with van der Waals surface area (Å²) in [5.74, 6) is 1.33. The molecule has 1 fully saturated rings. The van der Waals surface area contributed by atoms with Gasteiger partial charge in [-0.25, -0.2) is 23.3 Å². The Hall–Kier alpha value is -3.55. The van der Waals surface area contributed by atoms with Crippen LogP contribution < -0.4 is 10.6 Å². The summed E-state index contributed by atoms with van der Waals surface area (Å²) in [5.41, 5.74) is 2.82. The molecule has 2 N–H and O–H groups in total. The molecule has 0 atom stereocenters. The highest BCUT2D eigenvalue weighted by Crippen LogP contribution is 2.31. The van der Waals surface area contributed by atoms with Crippen LogP contribution in [0.2, 0.25) is 0 Å². The van der Waals surface area contributed by atoms with Gasteiger partial charge in [-0.3, -0.25) is 4.90 Å². The van der Waals surface area contributed by atoms with Gasteiger partial charge in [-0.05, 0) is 38.0 Å². The number of aromatic nitrogens is 6. The molecule has 5 rings (SSSR count). The molecule has 0 amide bonds. The predicted molar refractivity (Wildman–Crippen MR) is 129 cm³/mol. The Morgan fingerprint density at radius 2 is 1.84 bits per heavy atom. The maximum atomic E-state index is 13.1. The molecule has 0 radical (unpaired) electrons. The molecule has 0 bridgehead atoms. The van der Waals surface area contributed by atoms with Crippen LogP contribution in [0.4, 0.5) is 33.7 Å². The van der Waals surface area contributed by atoms with Gasteiger partial charge in [-0.2, -0.15) is 18.2 Å². The van der Waals surface area contributed by atoms with Crippen LogP contribution in [-0.2, 0) is 6.54 Å². The summed E-state index contributed by atoms with van der Waals surface area (Å²) in [5, 5.41) is 10.9. The number of pyridine rings is 1. The quantitative estimate of drug-likeness (QED) is 0.351. The maximum absolute atomic E-state index is 13.1. The van der Waals surface area contributed by atoms with E-state index >= 15 is 0 Å². The number of imidazole rings is 1. The smallest absolute Gasteiger partial charge is 0.371 e. The van der Waals surface area contributed by atoms with Crippen molar-refractivity contribution >= 4 is 28.4 Å². The van der Waals surface area contributed by atoms with Crippen LogP contribution in [0.5, 0.6) is 0 Å². The molecule has 0 aromatic carbocycles. The minimum atomic E-state index is -4.21. The zero-order chi connectivity index (χ0) is 26.3. The average Bonchev–Trinajstić information content (AvgIpc) is 3.39. The molecule has 198 valence electrons. The van der Waals surface area contributed by atoms with Crippen molar-refractivity contribution in [2.75, 3.05) is 37.3 Å². The monoisotopic (exact) mass is 523 g/mol. The third kappa shape index (κ3) is 5.29. The van der Waals surface area contributed by atoms with Crippen molar-refractivity contribution in [3.8, 4) is 11.3 Å². The van der Waals surface area contributed by atoms with Gasteiger partial charge in [0.15, 0.2) is 11.5 Å². The summed E-state index contributed by atoms with van der Waals surface area (Å²) < 4.78 is 67.3. The van der Waals surface area contributed by atoms with Crippen molar-refractivity contribution < 1.29 is 22.0 Å². The zero-order valence-electron chi connectivity index (χ0n) is 20.2. The molecule has 14 heteroatoms. The number of fused-ring (bicyclic) bond motifs is 2. The van der Waals surface area contributed by atoms with Crippen LogP contribution in [-0.4, -0.2) is 79.4 Å².